The molecule has 20 heavy (non-hydrogen) atoms. The number of nitrogens with one attached hydrogen (secondary N) is 1. The molecule has 0 spiro atoms. The average molecular weight is 296 g/mol. The molecule has 0 heterocycles. The van der Waals surface area contributed by atoms with Crippen LogP contribution in [0, 0.1) is 10.1 Å². The standard InChI is InChI=1S/C14H20N2O3S/c1-20-9-5-3-2-4-8-15-13-7-6-12(11-17)10-14(13)16(18)19/h6-7,10-11,15H,2-5,8-9H2,1H3. The zero-order valence-corrected chi connectivity index (χ0v) is 12.4. The van der Waals surface area contributed by atoms with E-state index in [4.69, 9.17) is 0 Å². The Labute approximate surface area is 123 Å². The summed E-state index contributed by atoms with van der Waals surface area (Å²) in [5, 5.41) is 14.0. The third-order valence-corrected chi connectivity index (χ3v) is 3.64. The van der Waals surface area contributed by atoms with Crippen LogP contribution in [0.3, 0.4) is 0 Å². The quantitative estimate of drug-likeness (QED) is 0.308. The van der Waals surface area contributed by atoms with E-state index in [-0.39, 0.29) is 5.69 Å². The second-order valence-corrected chi connectivity index (χ2v) is 5.47. The van der Waals surface area contributed by atoms with Crippen LogP contribution in [0.15, 0.2) is 18.2 Å². The fourth-order valence-electron chi connectivity index (χ4n) is 1.87. The molecule has 0 aliphatic rings. The Bertz CT molecular complexity index is 452. The summed E-state index contributed by atoms with van der Waals surface area (Å²) in [6, 6.07) is 4.48. The highest BCUT2D eigenvalue weighted by Gasteiger charge is 2.13. The van der Waals surface area contributed by atoms with E-state index < -0.39 is 4.92 Å². The SMILES string of the molecule is CSCCCCCCNc1ccc(C=O)cc1[N+](=O)[O-]. The predicted molar refractivity (Wildman–Crippen MR) is 83.8 cm³/mol. The number of unbranched alkanes of at least 4 members (excludes halogenated alkanes) is 3. The van der Waals surface area contributed by atoms with Crippen molar-refractivity contribution in [2.24, 2.45) is 0 Å². The minimum absolute atomic E-state index is 0.0445. The van der Waals surface area contributed by atoms with Crippen molar-refractivity contribution in [2.45, 2.75) is 25.7 Å². The third-order valence-electron chi connectivity index (χ3n) is 2.95. The number of hydrogen-bond donors (Lipinski definition) is 1. The number of carbonyl (C=O) groups excluding carboxylic acids is 1. The summed E-state index contributed by atoms with van der Waals surface area (Å²) in [7, 11) is 0. The molecule has 0 amide bonds. The van der Waals surface area contributed by atoms with E-state index in [0.29, 0.717) is 24.1 Å². The van der Waals surface area contributed by atoms with Crippen molar-refractivity contribution in [3.8, 4) is 0 Å². The van der Waals surface area contributed by atoms with E-state index in [1.807, 2.05) is 11.8 Å². The lowest BCUT2D eigenvalue weighted by Crippen LogP contribution is -2.04. The van der Waals surface area contributed by atoms with Gasteiger partial charge in [-0.1, -0.05) is 12.8 Å². The Morgan fingerprint density at radius 3 is 2.70 bits per heavy atom. The summed E-state index contributed by atoms with van der Waals surface area (Å²) in [5.41, 5.74) is 0.751. The Balaban J connectivity index is 2.43. The summed E-state index contributed by atoms with van der Waals surface area (Å²) >= 11 is 1.85. The van der Waals surface area contributed by atoms with Crippen molar-refractivity contribution in [3.05, 3.63) is 33.9 Å². The van der Waals surface area contributed by atoms with Gasteiger partial charge in [-0.15, -0.1) is 0 Å². The van der Waals surface area contributed by atoms with Gasteiger partial charge in [0.2, 0.25) is 0 Å². The van der Waals surface area contributed by atoms with Crippen molar-refractivity contribution in [3.63, 3.8) is 0 Å². The molecule has 110 valence electrons. The molecule has 0 aliphatic heterocycles. The summed E-state index contributed by atoms with van der Waals surface area (Å²) in [5.74, 6) is 1.19. The predicted octanol–water partition coefficient (Wildman–Crippen LogP) is 3.74. The van der Waals surface area contributed by atoms with Crippen LogP contribution in [0.1, 0.15) is 36.0 Å². The highest BCUT2D eigenvalue weighted by Crippen LogP contribution is 2.25. The van der Waals surface area contributed by atoms with Gasteiger partial charge in [0.1, 0.15) is 12.0 Å². The Kier molecular flexibility index (Phi) is 7.72. The van der Waals surface area contributed by atoms with E-state index in [2.05, 4.69) is 11.6 Å². The number of hydrogen-bond acceptors (Lipinski definition) is 5. The maximum Gasteiger partial charge on any atom is 0.293 e. The van der Waals surface area contributed by atoms with Crippen LogP contribution in [-0.4, -0.2) is 29.8 Å². The lowest BCUT2D eigenvalue weighted by atomic mass is 10.1. The molecule has 0 unspecified atom stereocenters. The maximum atomic E-state index is 10.9. The maximum absolute atomic E-state index is 10.9. The van der Waals surface area contributed by atoms with Crippen LogP contribution in [0.4, 0.5) is 11.4 Å². The molecule has 0 saturated heterocycles. The minimum atomic E-state index is -0.464. The van der Waals surface area contributed by atoms with Crippen LogP contribution in [0.25, 0.3) is 0 Å². The van der Waals surface area contributed by atoms with Crippen molar-refractivity contribution in [1.82, 2.24) is 0 Å². The first-order valence-corrected chi connectivity index (χ1v) is 8.05. The molecule has 0 aliphatic carbocycles. The van der Waals surface area contributed by atoms with Crippen molar-refractivity contribution >= 4 is 29.4 Å². The zero-order chi connectivity index (χ0) is 14.8. The Morgan fingerprint density at radius 1 is 1.30 bits per heavy atom. The van der Waals surface area contributed by atoms with Crippen LogP contribution < -0.4 is 5.32 Å². The smallest absolute Gasteiger partial charge is 0.293 e. The van der Waals surface area contributed by atoms with Crippen LogP contribution in [0.2, 0.25) is 0 Å². The van der Waals surface area contributed by atoms with Gasteiger partial charge in [0.15, 0.2) is 0 Å². The summed E-state index contributed by atoms with van der Waals surface area (Å²) < 4.78 is 0. The van der Waals surface area contributed by atoms with Gasteiger partial charge >= 0.3 is 0 Å². The number of nitro groups is 1. The highest BCUT2D eigenvalue weighted by atomic mass is 32.2. The number of carbonyl (C=O) groups is 1. The first-order chi connectivity index (χ1) is 9.69. The van der Waals surface area contributed by atoms with Crippen LogP contribution in [-0.2, 0) is 0 Å². The van der Waals surface area contributed by atoms with Gasteiger partial charge in [-0.25, -0.2) is 0 Å². The number of thioether (sulfide) groups is 1. The van der Waals surface area contributed by atoms with Crippen LogP contribution >= 0.6 is 11.8 Å². The monoisotopic (exact) mass is 296 g/mol. The van der Waals surface area contributed by atoms with Gasteiger partial charge in [-0.05, 0) is 37.0 Å². The molecule has 5 nitrogen and oxygen atoms in total. The van der Waals surface area contributed by atoms with Crippen molar-refractivity contribution in [2.75, 3.05) is 23.9 Å². The number of rotatable bonds is 10. The molecule has 1 aromatic carbocycles. The van der Waals surface area contributed by atoms with Gasteiger partial charge in [0.25, 0.3) is 5.69 Å². The zero-order valence-electron chi connectivity index (χ0n) is 11.6. The number of anilines is 1. The molecule has 0 saturated carbocycles. The van der Waals surface area contributed by atoms with Gasteiger partial charge < -0.3 is 5.32 Å². The molecule has 0 fully saturated rings. The van der Waals surface area contributed by atoms with E-state index in [1.54, 1.807) is 12.1 Å². The van der Waals surface area contributed by atoms with Crippen LogP contribution in [0.5, 0.6) is 0 Å². The molecular weight excluding hydrogens is 276 g/mol. The Morgan fingerprint density at radius 2 is 2.05 bits per heavy atom. The van der Waals surface area contributed by atoms with Gasteiger partial charge in [0, 0.05) is 18.2 Å². The summed E-state index contributed by atoms with van der Waals surface area (Å²) in [6.07, 6.45) is 7.23. The van der Waals surface area contributed by atoms with E-state index in [0.717, 1.165) is 12.8 Å². The first-order valence-electron chi connectivity index (χ1n) is 6.65. The minimum Gasteiger partial charge on any atom is -0.379 e. The van der Waals surface area contributed by atoms with Gasteiger partial charge in [-0.3, -0.25) is 14.9 Å². The summed E-state index contributed by atoms with van der Waals surface area (Å²) in [4.78, 5) is 21.1. The average Bonchev–Trinajstić information content (AvgIpc) is 2.46. The number of nitrogens with zero attached hydrogens (tertiary/aromatic N) is 1. The largest absolute Gasteiger partial charge is 0.379 e. The number of benzene rings is 1. The molecule has 0 aromatic heterocycles. The van der Waals surface area contributed by atoms with Gasteiger partial charge in [0.05, 0.1) is 4.92 Å². The summed E-state index contributed by atoms with van der Waals surface area (Å²) in [6.45, 7) is 0.709. The Hall–Kier alpha value is -1.56. The number of aldehydes is 1. The molecule has 0 bridgehead atoms. The fraction of sp³-hybridized carbons (Fsp3) is 0.500. The van der Waals surface area contributed by atoms with Crippen molar-refractivity contribution < 1.29 is 9.72 Å². The van der Waals surface area contributed by atoms with Crippen molar-refractivity contribution in [1.29, 1.82) is 0 Å². The lowest BCUT2D eigenvalue weighted by molar-refractivity contribution is -0.384. The molecular formula is C14H20N2O3S. The van der Waals surface area contributed by atoms with E-state index in [9.17, 15) is 14.9 Å². The normalized spacial score (nSPS) is 10.2. The molecule has 0 atom stereocenters. The topological polar surface area (TPSA) is 72.2 Å². The second-order valence-electron chi connectivity index (χ2n) is 4.49. The highest BCUT2D eigenvalue weighted by molar-refractivity contribution is 7.98. The molecule has 1 rings (SSSR count). The molecule has 0 radical (unpaired) electrons. The van der Waals surface area contributed by atoms with E-state index in [1.165, 1.54) is 24.7 Å². The fourth-order valence-corrected chi connectivity index (χ4v) is 2.36. The van der Waals surface area contributed by atoms with Gasteiger partial charge in [-0.2, -0.15) is 11.8 Å². The molecule has 1 N–H and O–H groups in total. The number of nitro benzene ring substituents is 1. The lowest BCUT2D eigenvalue weighted by Gasteiger charge is -2.07. The first kappa shape index (κ1) is 16.5. The third kappa shape index (κ3) is 5.61. The molecule has 6 heteroatoms. The van der Waals surface area contributed by atoms with E-state index >= 15 is 0 Å². The molecule has 1 aromatic rings. The second kappa shape index (κ2) is 9.36.